The van der Waals surface area contributed by atoms with Gasteiger partial charge in [-0.1, -0.05) is 38.8 Å². The number of rotatable bonds is 4. The van der Waals surface area contributed by atoms with Crippen LogP contribution in [0.2, 0.25) is 0 Å². The van der Waals surface area contributed by atoms with Crippen molar-refractivity contribution in [3.05, 3.63) is 12.2 Å². The van der Waals surface area contributed by atoms with Crippen molar-refractivity contribution in [3.8, 4) is 0 Å². The Hall–Kier alpha value is -0.260. The Labute approximate surface area is 82.4 Å². The van der Waals surface area contributed by atoms with E-state index in [1.165, 1.54) is 38.5 Å². The zero-order valence-corrected chi connectivity index (χ0v) is 9.05. The molecule has 0 nitrogen and oxygen atoms in total. The van der Waals surface area contributed by atoms with E-state index >= 15 is 0 Å². The van der Waals surface area contributed by atoms with Gasteiger partial charge < -0.3 is 0 Å². The van der Waals surface area contributed by atoms with Gasteiger partial charge in [-0.25, -0.2) is 0 Å². The van der Waals surface area contributed by atoms with Crippen molar-refractivity contribution in [2.45, 2.75) is 52.4 Å². The highest BCUT2D eigenvalue weighted by Crippen LogP contribution is 2.56. The van der Waals surface area contributed by atoms with Crippen LogP contribution in [-0.2, 0) is 0 Å². The van der Waals surface area contributed by atoms with Crippen molar-refractivity contribution in [1.29, 1.82) is 0 Å². The van der Waals surface area contributed by atoms with Crippen molar-refractivity contribution < 1.29 is 0 Å². The zero-order chi connectivity index (χ0) is 9.31. The van der Waals surface area contributed by atoms with E-state index < -0.39 is 0 Å². The Morgan fingerprint density at radius 1 is 1.31 bits per heavy atom. The smallest absolute Gasteiger partial charge is 0.0171 e. The van der Waals surface area contributed by atoms with E-state index in [-0.39, 0.29) is 0 Å². The fourth-order valence-corrected chi connectivity index (χ4v) is 3.45. The molecule has 13 heavy (non-hydrogen) atoms. The van der Waals surface area contributed by atoms with E-state index in [1.54, 1.807) is 0 Å². The van der Waals surface area contributed by atoms with E-state index in [1.807, 2.05) is 0 Å². The fourth-order valence-electron chi connectivity index (χ4n) is 3.45. The number of allylic oxidation sites excluding steroid dienone is 2. The molecule has 74 valence electrons. The standard InChI is InChI=1S/C13H22/c1-3-5-8-13(4-2)10-11-6-7-12(13)9-11/h6-7,11-12H,3-5,8-10H2,1-2H3. The summed E-state index contributed by atoms with van der Waals surface area (Å²) in [6.45, 7) is 4.70. The third kappa shape index (κ3) is 1.45. The van der Waals surface area contributed by atoms with Crippen LogP contribution in [0.5, 0.6) is 0 Å². The maximum absolute atomic E-state index is 2.51. The largest absolute Gasteiger partial charge is 0.0851 e. The minimum absolute atomic E-state index is 0.718. The molecule has 0 N–H and O–H groups in total. The van der Waals surface area contributed by atoms with Gasteiger partial charge in [-0.15, -0.1) is 0 Å². The molecule has 0 spiro atoms. The first kappa shape index (κ1) is 9.30. The van der Waals surface area contributed by atoms with Crippen LogP contribution in [0.3, 0.4) is 0 Å². The van der Waals surface area contributed by atoms with Gasteiger partial charge in [-0.05, 0) is 42.9 Å². The molecule has 3 atom stereocenters. The minimum Gasteiger partial charge on any atom is -0.0851 e. The molecule has 0 aromatic heterocycles. The lowest BCUT2D eigenvalue weighted by atomic mass is 9.70. The lowest BCUT2D eigenvalue weighted by molar-refractivity contribution is 0.193. The predicted octanol–water partition coefficient (Wildman–Crippen LogP) is 4.17. The second-order valence-corrected chi connectivity index (χ2v) is 5.01. The van der Waals surface area contributed by atoms with E-state index in [4.69, 9.17) is 0 Å². The lowest BCUT2D eigenvalue weighted by Crippen LogP contribution is -2.24. The minimum atomic E-state index is 0.718. The SMILES string of the molecule is CCCCC1(CC)CC2C=CC1C2. The third-order valence-corrected chi connectivity index (χ3v) is 4.36. The van der Waals surface area contributed by atoms with Gasteiger partial charge in [0.2, 0.25) is 0 Å². The third-order valence-electron chi connectivity index (χ3n) is 4.36. The molecular formula is C13H22. The van der Waals surface area contributed by atoms with Gasteiger partial charge >= 0.3 is 0 Å². The van der Waals surface area contributed by atoms with Crippen LogP contribution in [0.1, 0.15) is 52.4 Å². The summed E-state index contributed by atoms with van der Waals surface area (Å²) >= 11 is 0. The summed E-state index contributed by atoms with van der Waals surface area (Å²) in [4.78, 5) is 0. The van der Waals surface area contributed by atoms with Crippen molar-refractivity contribution >= 4 is 0 Å². The Kier molecular flexibility index (Phi) is 2.49. The summed E-state index contributed by atoms with van der Waals surface area (Å²) in [7, 11) is 0. The van der Waals surface area contributed by atoms with Gasteiger partial charge in [0.05, 0.1) is 0 Å². The van der Waals surface area contributed by atoms with Gasteiger partial charge in [0.15, 0.2) is 0 Å². The molecule has 0 amide bonds. The second kappa shape index (κ2) is 3.48. The average Bonchev–Trinajstić information content (AvgIpc) is 2.74. The normalized spacial score (nSPS) is 41.7. The van der Waals surface area contributed by atoms with Crippen LogP contribution >= 0.6 is 0 Å². The summed E-state index contributed by atoms with van der Waals surface area (Å²) in [5.41, 5.74) is 0.718. The first-order chi connectivity index (χ1) is 6.30. The molecule has 1 saturated carbocycles. The number of unbranched alkanes of at least 4 members (excludes halogenated alkanes) is 1. The molecule has 0 aromatic rings. The van der Waals surface area contributed by atoms with Gasteiger partial charge in [-0.3, -0.25) is 0 Å². The van der Waals surface area contributed by atoms with Gasteiger partial charge in [0, 0.05) is 0 Å². The quantitative estimate of drug-likeness (QED) is 0.567. The highest BCUT2D eigenvalue weighted by atomic mass is 14.5. The topological polar surface area (TPSA) is 0 Å². The lowest BCUT2D eigenvalue weighted by Gasteiger charge is -2.34. The summed E-state index contributed by atoms with van der Waals surface area (Å²) in [5, 5.41) is 0. The second-order valence-electron chi connectivity index (χ2n) is 5.01. The molecule has 0 saturated heterocycles. The summed E-state index contributed by atoms with van der Waals surface area (Å²) in [5.74, 6) is 1.89. The monoisotopic (exact) mass is 178 g/mol. The highest BCUT2D eigenvalue weighted by Gasteiger charge is 2.46. The molecule has 3 unspecified atom stereocenters. The van der Waals surface area contributed by atoms with Crippen LogP contribution in [0.4, 0.5) is 0 Å². The Morgan fingerprint density at radius 3 is 2.62 bits per heavy atom. The van der Waals surface area contributed by atoms with Crippen LogP contribution in [0, 0.1) is 17.3 Å². The summed E-state index contributed by atoms with van der Waals surface area (Å²) in [6.07, 6.45) is 13.6. The van der Waals surface area contributed by atoms with E-state index in [2.05, 4.69) is 26.0 Å². The number of fused-ring (bicyclic) bond motifs is 2. The van der Waals surface area contributed by atoms with Crippen LogP contribution in [0.25, 0.3) is 0 Å². The molecule has 0 heteroatoms. The molecule has 0 heterocycles. The molecule has 2 rings (SSSR count). The van der Waals surface area contributed by atoms with Gasteiger partial charge in [-0.2, -0.15) is 0 Å². The van der Waals surface area contributed by atoms with Gasteiger partial charge in [0.25, 0.3) is 0 Å². The first-order valence-corrected chi connectivity index (χ1v) is 5.99. The molecule has 0 aliphatic heterocycles. The van der Waals surface area contributed by atoms with Crippen LogP contribution < -0.4 is 0 Å². The Balaban J connectivity index is 2.04. The summed E-state index contributed by atoms with van der Waals surface area (Å²) < 4.78 is 0. The first-order valence-electron chi connectivity index (χ1n) is 5.99. The predicted molar refractivity (Wildman–Crippen MR) is 57.6 cm³/mol. The Morgan fingerprint density at radius 2 is 2.15 bits per heavy atom. The maximum atomic E-state index is 2.51. The van der Waals surface area contributed by atoms with E-state index in [0.717, 1.165) is 17.3 Å². The highest BCUT2D eigenvalue weighted by molar-refractivity contribution is 5.15. The van der Waals surface area contributed by atoms with E-state index in [9.17, 15) is 0 Å². The summed E-state index contributed by atoms with van der Waals surface area (Å²) in [6, 6.07) is 0. The van der Waals surface area contributed by atoms with Crippen LogP contribution in [-0.4, -0.2) is 0 Å². The molecule has 1 fully saturated rings. The average molecular weight is 178 g/mol. The van der Waals surface area contributed by atoms with Crippen LogP contribution in [0.15, 0.2) is 12.2 Å². The number of hydrogen-bond acceptors (Lipinski definition) is 0. The Bertz CT molecular complexity index is 204. The molecule has 0 radical (unpaired) electrons. The zero-order valence-electron chi connectivity index (χ0n) is 9.05. The van der Waals surface area contributed by atoms with Gasteiger partial charge in [0.1, 0.15) is 0 Å². The molecule has 2 bridgehead atoms. The maximum Gasteiger partial charge on any atom is -0.0171 e. The molecular weight excluding hydrogens is 156 g/mol. The van der Waals surface area contributed by atoms with E-state index in [0.29, 0.717) is 0 Å². The van der Waals surface area contributed by atoms with Crippen molar-refractivity contribution in [2.24, 2.45) is 17.3 Å². The van der Waals surface area contributed by atoms with Crippen molar-refractivity contribution in [3.63, 3.8) is 0 Å². The molecule has 0 aromatic carbocycles. The fraction of sp³-hybridized carbons (Fsp3) is 0.846. The molecule has 2 aliphatic rings. The molecule has 2 aliphatic carbocycles. The number of hydrogen-bond donors (Lipinski definition) is 0. The van der Waals surface area contributed by atoms with Crippen molar-refractivity contribution in [1.82, 2.24) is 0 Å². The van der Waals surface area contributed by atoms with Crippen molar-refractivity contribution in [2.75, 3.05) is 0 Å².